The molecule has 2 heterocycles. The Kier molecular flexibility index (Phi) is 2.13. The minimum Gasteiger partial charge on any atom is -0.338 e. The number of hydrogen-bond acceptors (Lipinski definition) is 1. The van der Waals surface area contributed by atoms with Crippen LogP contribution in [0, 0.1) is 0 Å². The second-order valence-electron chi connectivity index (χ2n) is 5.23. The van der Waals surface area contributed by atoms with E-state index < -0.39 is 17.6 Å². The van der Waals surface area contributed by atoms with E-state index in [1.807, 2.05) is 14.7 Å². The van der Waals surface area contributed by atoms with Crippen molar-refractivity contribution in [3.8, 4) is 11.3 Å². The third-order valence-electron chi connectivity index (χ3n) is 3.41. The standard InChI is InChI=1S/C12H12F3N3O/c1-11(2,12(13,14)15)16-10(19)7-3-4-9-8(7)5-17-6-18(9)17/h3-5H,6H2,1-2H3,(H,16,19). The first-order chi connectivity index (χ1) is 8.71. The summed E-state index contributed by atoms with van der Waals surface area (Å²) in [6.45, 7) is 2.66. The van der Waals surface area contributed by atoms with E-state index in [2.05, 4.69) is 0 Å². The Morgan fingerprint density at radius 2 is 2.00 bits per heavy atom. The zero-order valence-electron chi connectivity index (χ0n) is 10.4. The van der Waals surface area contributed by atoms with E-state index in [9.17, 15) is 18.0 Å². The minimum absolute atomic E-state index is 0.277. The van der Waals surface area contributed by atoms with Gasteiger partial charge < -0.3 is 5.32 Å². The molecule has 0 saturated heterocycles. The van der Waals surface area contributed by atoms with Gasteiger partial charge in [0.05, 0.1) is 11.3 Å². The van der Waals surface area contributed by atoms with Crippen molar-refractivity contribution in [3.63, 3.8) is 0 Å². The third-order valence-corrected chi connectivity index (χ3v) is 3.41. The molecule has 2 aliphatic heterocycles. The van der Waals surface area contributed by atoms with Crippen LogP contribution in [0.25, 0.3) is 11.3 Å². The maximum Gasteiger partial charge on any atom is 0.410 e. The van der Waals surface area contributed by atoms with Crippen LogP contribution in [-0.4, -0.2) is 27.0 Å². The van der Waals surface area contributed by atoms with E-state index in [-0.39, 0.29) is 5.56 Å². The van der Waals surface area contributed by atoms with Crippen LogP contribution in [0.2, 0.25) is 0 Å². The highest BCUT2D eigenvalue weighted by molar-refractivity contribution is 6.02. The first-order valence-corrected chi connectivity index (χ1v) is 5.78. The van der Waals surface area contributed by atoms with Crippen LogP contribution in [0.1, 0.15) is 24.2 Å². The number of rotatable bonds is 2. The molecular weight excluding hydrogens is 259 g/mol. The highest BCUT2D eigenvalue weighted by Crippen LogP contribution is 2.35. The number of halogens is 3. The van der Waals surface area contributed by atoms with Crippen molar-refractivity contribution >= 4 is 5.91 Å². The Hall–Kier alpha value is -1.92. The summed E-state index contributed by atoms with van der Waals surface area (Å²) in [4.78, 5) is 12.0. The van der Waals surface area contributed by atoms with Crippen LogP contribution in [0.15, 0.2) is 18.3 Å². The van der Waals surface area contributed by atoms with Gasteiger partial charge in [0, 0.05) is 11.8 Å². The molecule has 3 rings (SSSR count). The van der Waals surface area contributed by atoms with Gasteiger partial charge in [0.2, 0.25) is 0 Å². The molecule has 1 amide bonds. The van der Waals surface area contributed by atoms with Crippen molar-refractivity contribution < 1.29 is 18.0 Å². The Balaban J connectivity index is 1.86. The maximum absolute atomic E-state index is 12.7. The molecule has 1 aliphatic carbocycles. The summed E-state index contributed by atoms with van der Waals surface area (Å²) in [5.74, 6) is -0.705. The van der Waals surface area contributed by atoms with Crippen LogP contribution in [0.3, 0.4) is 0 Å². The number of aromatic nitrogens is 2. The number of nitrogens with one attached hydrogen (secondary N) is 1. The zero-order chi connectivity index (χ0) is 14.0. The summed E-state index contributed by atoms with van der Waals surface area (Å²) in [5, 5.41) is 2.04. The van der Waals surface area contributed by atoms with Crippen LogP contribution >= 0.6 is 0 Å². The molecule has 0 fully saturated rings. The monoisotopic (exact) mass is 271 g/mol. The summed E-state index contributed by atoms with van der Waals surface area (Å²) in [7, 11) is 0. The van der Waals surface area contributed by atoms with Crippen molar-refractivity contribution in [3.05, 3.63) is 23.9 Å². The lowest BCUT2D eigenvalue weighted by molar-refractivity contribution is -0.182. The molecule has 0 unspecified atom stereocenters. The summed E-state index contributed by atoms with van der Waals surface area (Å²) in [6.07, 6.45) is -2.72. The summed E-state index contributed by atoms with van der Waals surface area (Å²) < 4.78 is 42.0. The van der Waals surface area contributed by atoms with E-state index in [1.54, 1.807) is 18.3 Å². The molecule has 0 radical (unpaired) electrons. The number of hydrogen-bond donors (Lipinski definition) is 1. The molecule has 0 aromatic rings. The van der Waals surface area contributed by atoms with Gasteiger partial charge in [0.1, 0.15) is 12.2 Å². The highest BCUT2D eigenvalue weighted by Gasteiger charge is 2.48. The van der Waals surface area contributed by atoms with E-state index in [1.165, 1.54) is 0 Å². The second kappa shape index (κ2) is 3.34. The van der Waals surface area contributed by atoms with E-state index in [0.29, 0.717) is 5.56 Å². The van der Waals surface area contributed by atoms with Gasteiger partial charge in [-0.15, -0.1) is 0 Å². The fourth-order valence-corrected chi connectivity index (χ4v) is 2.04. The number of amides is 1. The Morgan fingerprint density at radius 1 is 1.32 bits per heavy atom. The lowest BCUT2D eigenvalue weighted by Crippen LogP contribution is -2.54. The topological polar surface area (TPSA) is 39.0 Å². The van der Waals surface area contributed by atoms with E-state index in [4.69, 9.17) is 0 Å². The predicted molar refractivity (Wildman–Crippen MR) is 62.0 cm³/mol. The van der Waals surface area contributed by atoms with Gasteiger partial charge >= 0.3 is 6.18 Å². The molecule has 0 bridgehead atoms. The second-order valence-corrected chi connectivity index (χ2v) is 5.23. The number of nitrogens with zero attached hydrogens (tertiary/aromatic N) is 2. The molecular formula is C12H12F3N3O. The average molecular weight is 271 g/mol. The number of carbonyl (C=O) groups is 1. The van der Waals surface area contributed by atoms with Gasteiger partial charge in [0.15, 0.2) is 0 Å². The van der Waals surface area contributed by atoms with Gasteiger partial charge in [-0.2, -0.15) is 13.2 Å². The molecule has 3 aliphatic rings. The number of fused-ring (bicyclic) bond motifs is 3. The van der Waals surface area contributed by atoms with Gasteiger partial charge in [-0.3, -0.25) is 14.2 Å². The van der Waals surface area contributed by atoms with Crippen molar-refractivity contribution in [2.24, 2.45) is 0 Å². The smallest absolute Gasteiger partial charge is 0.338 e. The molecule has 0 saturated carbocycles. The fourth-order valence-electron chi connectivity index (χ4n) is 2.04. The first-order valence-electron chi connectivity index (χ1n) is 5.78. The summed E-state index contributed by atoms with van der Waals surface area (Å²) in [5.41, 5.74) is -0.424. The van der Waals surface area contributed by atoms with Crippen molar-refractivity contribution in [1.29, 1.82) is 0 Å². The molecule has 19 heavy (non-hydrogen) atoms. The Labute approximate surface area is 107 Å². The highest BCUT2D eigenvalue weighted by atomic mass is 19.4. The number of alkyl halides is 3. The minimum atomic E-state index is -4.49. The summed E-state index contributed by atoms with van der Waals surface area (Å²) in [6, 6.07) is 3.30. The van der Waals surface area contributed by atoms with Gasteiger partial charge in [-0.1, -0.05) is 0 Å². The zero-order valence-corrected chi connectivity index (χ0v) is 10.4. The third kappa shape index (κ3) is 1.72. The predicted octanol–water partition coefficient (Wildman–Crippen LogP) is 2.28. The molecule has 0 spiro atoms. The molecule has 0 aromatic carbocycles. The van der Waals surface area contributed by atoms with Crippen molar-refractivity contribution in [2.45, 2.75) is 32.2 Å². The van der Waals surface area contributed by atoms with Gasteiger partial charge in [-0.05, 0) is 26.0 Å². The van der Waals surface area contributed by atoms with Crippen LogP contribution < -0.4 is 5.32 Å². The van der Waals surface area contributed by atoms with Gasteiger partial charge in [-0.25, -0.2) is 0 Å². The Morgan fingerprint density at radius 3 is 2.63 bits per heavy atom. The quantitative estimate of drug-likeness (QED) is 0.763. The molecule has 0 aromatic heterocycles. The van der Waals surface area contributed by atoms with Crippen LogP contribution in [0.4, 0.5) is 13.2 Å². The lowest BCUT2D eigenvalue weighted by atomic mass is 10.0. The summed E-state index contributed by atoms with van der Waals surface area (Å²) >= 11 is 0. The fraction of sp³-hybridized carbons (Fsp3) is 0.417. The molecule has 0 atom stereocenters. The van der Waals surface area contributed by atoms with Crippen LogP contribution in [0.5, 0.6) is 0 Å². The first kappa shape index (κ1) is 12.1. The molecule has 102 valence electrons. The molecule has 1 N–H and O–H groups in total. The van der Waals surface area contributed by atoms with Crippen molar-refractivity contribution in [1.82, 2.24) is 14.7 Å². The van der Waals surface area contributed by atoms with E-state index in [0.717, 1.165) is 26.2 Å². The largest absolute Gasteiger partial charge is 0.410 e. The lowest BCUT2D eigenvalue weighted by Gasteiger charge is -2.28. The molecule has 7 heteroatoms. The SMILES string of the molecule is CC(C)(NC(=O)c1ccc2n3n(cc1-2)C3)C(F)(F)F. The van der Waals surface area contributed by atoms with Gasteiger partial charge in [0.25, 0.3) is 5.91 Å². The normalized spacial score (nSPS) is 14.6. The van der Waals surface area contributed by atoms with E-state index >= 15 is 0 Å². The van der Waals surface area contributed by atoms with Crippen molar-refractivity contribution in [2.75, 3.05) is 0 Å². The average Bonchev–Trinajstić information content (AvgIpc) is 2.75. The number of carbonyl (C=O) groups excluding carboxylic acids is 1. The Bertz CT molecular complexity index is 636. The maximum atomic E-state index is 12.7. The molecule has 4 nitrogen and oxygen atoms in total. The van der Waals surface area contributed by atoms with Crippen LogP contribution in [-0.2, 0) is 6.67 Å².